The van der Waals surface area contributed by atoms with E-state index in [2.05, 4.69) is 0 Å². The lowest BCUT2D eigenvalue weighted by molar-refractivity contribution is 0.258. The van der Waals surface area contributed by atoms with Crippen molar-refractivity contribution in [2.24, 2.45) is 0 Å². The van der Waals surface area contributed by atoms with Crippen LogP contribution >= 0.6 is 0 Å². The van der Waals surface area contributed by atoms with Crippen LogP contribution in [0.25, 0.3) is 0 Å². The third kappa shape index (κ3) is 1.84. The highest BCUT2D eigenvalue weighted by atomic mass is 16.6. The SMILES string of the molecule is CC1COB(c2ccc(N)cc2)O1. The van der Waals surface area contributed by atoms with Gasteiger partial charge in [0, 0.05) is 5.69 Å². The predicted octanol–water partition coefficient (Wildman–Crippen LogP) is 0.399. The molecule has 1 atom stereocenters. The van der Waals surface area contributed by atoms with E-state index in [4.69, 9.17) is 15.0 Å². The second-order valence-electron chi connectivity index (χ2n) is 3.28. The van der Waals surface area contributed by atoms with E-state index < -0.39 is 0 Å². The summed E-state index contributed by atoms with van der Waals surface area (Å²) in [6.45, 7) is 2.66. The number of hydrogen-bond donors (Lipinski definition) is 1. The molecule has 1 saturated heterocycles. The zero-order valence-electron chi connectivity index (χ0n) is 7.57. The molecule has 1 aromatic carbocycles. The predicted molar refractivity (Wildman–Crippen MR) is 52.7 cm³/mol. The zero-order chi connectivity index (χ0) is 9.26. The molecule has 4 heteroatoms. The van der Waals surface area contributed by atoms with Crippen molar-refractivity contribution < 1.29 is 9.31 Å². The summed E-state index contributed by atoms with van der Waals surface area (Å²) in [5.41, 5.74) is 7.36. The van der Waals surface area contributed by atoms with Crippen LogP contribution in [-0.2, 0) is 9.31 Å². The number of rotatable bonds is 1. The summed E-state index contributed by atoms with van der Waals surface area (Å²) in [5.74, 6) is 0. The van der Waals surface area contributed by atoms with Crippen LogP contribution in [0.15, 0.2) is 24.3 Å². The third-order valence-electron chi connectivity index (χ3n) is 2.05. The fraction of sp³-hybridized carbons (Fsp3) is 0.333. The first-order valence-electron chi connectivity index (χ1n) is 4.38. The van der Waals surface area contributed by atoms with Gasteiger partial charge in [-0.05, 0) is 24.5 Å². The standard InChI is InChI=1S/C9H12BNO2/c1-7-6-12-10(13-7)8-2-4-9(11)5-3-8/h2-5,7H,6,11H2,1H3. The first-order valence-corrected chi connectivity index (χ1v) is 4.38. The summed E-state index contributed by atoms with van der Waals surface area (Å²) >= 11 is 0. The molecule has 2 rings (SSSR count). The lowest BCUT2D eigenvalue weighted by atomic mass is 9.79. The van der Waals surface area contributed by atoms with Crippen molar-refractivity contribution in [3.8, 4) is 0 Å². The van der Waals surface area contributed by atoms with E-state index in [1.165, 1.54) is 0 Å². The van der Waals surface area contributed by atoms with Crippen LogP contribution in [0, 0.1) is 0 Å². The lowest BCUT2D eigenvalue weighted by Crippen LogP contribution is -2.31. The van der Waals surface area contributed by atoms with Crippen molar-refractivity contribution >= 4 is 18.3 Å². The molecule has 0 aromatic heterocycles. The Bertz CT molecular complexity index is 288. The molecule has 0 radical (unpaired) electrons. The number of benzene rings is 1. The quantitative estimate of drug-likeness (QED) is 0.498. The van der Waals surface area contributed by atoms with Gasteiger partial charge in [0.1, 0.15) is 0 Å². The summed E-state index contributed by atoms with van der Waals surface area (Å²) < 4.78 is 11.0. The third-order valence-corrected chi connectivity index (χ3v) is 2.05. The molecule has 1 aliphatic rings. The maximum Gasteiger partial charge on any atom is 0.494 e. The van der Waals surface area contributed by atoms with Crippen LogP contribution in [0.4, 0.5) is 5.69 Å². The molecule has 3 nitrogen and oxygen atoms in total. The molecule has 0 aliphatic carbocycles. The first kappa shape index (κ1) is 8.60. The molecule has 0 amide bonds. The van der Waals surface area contributed by atoms with Gasteiger partial charge in [0.2, 0.25) is 0 Å². The largest absolute Gasteiger partial charge is 0.494 e. The molecule has 0 saturated carbocycles. The second kappa shape index (κ2) is 3.40. The fourth-order valence-electron chi connectivity index (χ4n) is 1.34. The topological polar surface area (TPSA) is 44.5 Å². The monoisotopic (exact) mass is 177 g/mol. The molecule has 0 spiro atoms. The van der Waals surface area contributed by atoms with Crippen LogP contribution in [0.3, 0.4) is 0 Å². The maximum absolute atomic E-state index is 5.57. The Balaban J connectivity index is 2.13. The molecule has 1 heterocycles. The molecule has 1 aliphatic heterocycles. The van der Waals surface area contributed by atoms with E-state index in [1.807, 2.05) is 31.2 Å². The van der Waals surface area contributed by atoms with E-state index in [-0.39, 0.29) is 13.2 Å². The van der Waals surface area contributed by atoms with Crippen molar-refractivity contribution in [2.75, 3.05) is 12.3 Å². The summed E-state index contributed by atoms with van der Waals surface area (Å²) in [5, 5.41) is 0. The molecular formula is C9H12BNO2. The molecule has 1 aromatic rings. The van der Waals surface area contributed by atoms with Crippen LogP contribution < -0.4 is 11.2 Å². The average Bonchev–Trinajstić information content (AvgIpc) is 2.53. The zero-order valence-corrected chi connectivity index (χ0v) is 7.57. The highest BCUT2D eigenvalue weighted by Crippen LogP contribution is 2.08. The Morgan fingerprint density at radius 1 is 1.38 bits per heavy atom. The van der Waals surface area contributed by atoms with E-state index in [0.29, 0.717) is 6.61 Å². The van der Waals surface area contributed by atoms with Gasteiger partial charge in [-0.2, -0.15) is 0 Å². The number of nitrogens with two attached hydrogens (primary N) is 1. The molecule has 68 valence electrons. The highest BCUT2D eigenvalue weighted by Gasteiger charge is 2.30. The highest BCUT2D eigenvalue weighted by molar-refractivity contribution is 6.61. The molecule has 2 N–H and O–H groups in total. The number of hydrogen-bond acceptors (Lipinski definition) is 3. The van der Waals surface area contributed by atoms with Gasteiger partial charge in [-0.1, -0.05) is 12.1 Å². The Morgan fingerprint density at radius 3 is 2.62 bits per heavy atom. The van der Waals surface area contributed by atoms with Gasteiger partial charge in [-0.3, -0.25) is 0 Å². The van der Waals surface area contributed by atoms with E-state index in [0.717, 1.165) is 11.2 Å². The van der Waals surface area contributed by atoms with Crippen LogP contribution in [0.1, 0.15) is 6.92 Å². The van der Waals surface area contributed by atoms with Gasteiger partial charge < -0.3 is 15.0 Å². The molecule has 1 unspecified atom stereocenters. The first-order chi connectivity index (χ1) is 6.25. The lowest BCUT2D eigenvalue weighted by Gasteiger charge is -2.04. The van der Waals surface area contributed by atoms with Crippen molar-refractivity contribution in [3.63, 3.8) is 0 Å². The van der Waals surface area contributed by atoms with Crippen LogP contribution in [-0.4, -0.2) is 19.8 Å². The Kier molecular flexibility index (Phi) is 2.25. The van der Waals surface area contributed by atoms with E-state index in [9.17, 15) is 0 Å². The minimum atomic E-state index is -0.212. The summed E-state index contributed by atoms with van der Waals surface area (Å²) in [6.07, 6.45) is 0.183. The number of anilines is 1. The average molecular weight is 177 g/mol. The maximum atomic E-state index is 5.57. The fourth-order valence-corrected chi connectivity index (χ4v) is 1.34. The molecule has 0 bridgehead atoms. The van der Waals surface area contributed by atoms with Gasteiger partial charge in [0.15, 0.2) is 0 Å². The molecule has 13 heavy (non-hydrogen) atoms. The molecular weight excluding hydrogens is 165 g/mol. The van der Waals surface area contributed by atoms with Crippen molar-refractivity contribution in [1.29, 1.82) is 0 Å². The van der Waals surface area contributed by atoms with Crippen molar-refractivity contribution in [3.05, 3.63) is 24.3 Å². The summed E-state index contributed by atoms with van der Waals surface area (Å²) in [6, 6.07) is 7.56. The van der Waals surface area contributed by atoms with E-state index in [1.54, 1.807) is 0 Å². The minimum Gasteiger partial charge on any atom is -0.405 e. The number of nitrogen functional groups attached to an aromatic ring is 1. The van der Waals surface area contributed by atoms with Crippen LogP contribution in [0.5, 0.6) is 0 Å². The van der Waals surface area contributed by atoms with Crippen molar-refractivity contribution in [1.82, 2.24) is 0 Å². The summed E-state index contributed by atoms with van der Waals surface area (Å²) in [4.78, 5) is 0. The van der Waals surface area contributed by atoms with Gasteiger partial charge in [0.05, 0.1) is 12.7 Å². The Labute approximate surface area is 78.0 Å². The molecule has 1 fully saturated rings. The minimum absolute atomic E-state index is 0.183. The second-order valence-corrected chi connectivity index (χ2v) is 3.28. The summed E-state index contributed by atoms with van der Waals surface area (Å²) in [7, 11) is -0.212. The van der Waals surface area contributed by atoms with Gasteiger partial charge >= 0.3 is 7.12 Å². The van der Waals surface area contributed by atoms with Gasteiger partial charge in [0.25, 0.3) is 0 Å². The van der Waals surface area contributed by atoms with Gasteiger partial charge in [-0.15, -0.1) is 0 Å². The van der Waals surface area contributed by atoms with E-state index >= 15 is 0 Å². The van der Waals surface area contributed by atoms with Gasteiger partial charge in [-0.25, -0.2) is 0 Å². The normalized spacial score (nSPS) is 22.2. The smallest absolute Gasteiger partial charge is 0.405 e. The Morgan fingerprint density at radius 2 is 2.08 bits per heavy atom. The Hall–Kier alpha value is -0.995. The van der Waals surface area contributed by atoms with Crippen LogP contribution in [0.2, 0.25) is 0 Å². The van der Waals surface area contributed by atoms with Crippen molar-refractivity contribution in [2.45, 2.75) is 13.0 Å².